The smallest absolute Gasteiger partial charge is 0.230 e. The number of halogens is 2. The van der Waals surface area contributed by atoms with Gasteiger partial charge in [0.25, 0.3) is 0 Å². The SMILES string of the molecule is O=C(Cc1csc(-c2ccsc2)n1)Nc1cc(Cl)cc(Cl)c1. The average Bonchev–Trinajstić information content (AvgIpc) is 3.07. The second-order valence-corrected chi connectivity index (χ2v) is 7.05. The molecule has 0 saturated heterocycles. The molecule has 7 heteroatoms. The van der Waals surface area contributed by atoms with Crippen LogP contribution in [-0.2, 0) is 11.2 Å². The van der Waals surface area contributed by atoms with Crippen molar-refractivity contribution in [2.24, 2.45) is 0 Å². The molecule has 112 valence electrons. The molecule has 0 aliphatic rings. The quantitative estimate of drug-likeness (QED) is 0.673. The Morgan fingerprint density at radius 2 is 1.95 bits per heavy atom. The van der Waals surface area contributed by atoms with Gasteiger partial charge in [0.05, 0.1) is 12.1 Å². The molecule has 0 aliphatic heterocycles. The van der Waals surface area contributed by atoms with Crippen LogP contribution in [0.2, 0.25) is 10.0 Å². The van der Waals surface area contributed by atoms with Gasteiger partial charge >= 0.3 is 0 Å². The fourth-order valence-electron chi connectivity index (χ4n) is 1.90. The number of rotatable bonds is 4. The fraction of sp³-hybridized carbons (Fsp3) is 0.0667. The van der Waals surface area contributed by atoms with Crippen molar-refractivity contribution in [3.63, 3.8) is 0 Å². The molecule has 0 radical (unpaired) electrons. The number of amides is 1. The topological polar surface area (TPSA) is 42.0 Å². The van der Waals surface area contributed by atoms with E-state index in [0.717, 1.165) is 16.3 Å². The van der Waals surface area contributed by atoms with Crippen molar-refractivity contribution in [1.29, 1.82) is 0 Å². The van der Waals surface area contributed by atoms with E-state index >= 15 is 0 Å². The number of carbonyl (C=O) groups is 1. The van der Waals surface area contributed by atoms with Gasteiger partial charge in [0.1, 0.15) is 5.01 Å². The van der Waals surface area contributed by atoms with E-state index < -0.39 is 0 Å². The number of nitrogens with one attached hydrogen (secondary N) is 1. The van der Waals surface area contributed by atoms with Crippen LogP contribution in [0.3, 0.4) is 0 Å². The van der Waals surface area contributed by atoms with Gasteiger partial charge in [-0.15, -0.1) is 11.3 Å². The molecule has 3 aromatic rings. The van der Waals surface area contributed by atoms with Crippen LogP contribution in [0.4, 0.5) is 5.69 Å². The Hall–Kier alpha value is -1.40. The largest absolute Gasteiger partial charge is 0.326 e. The van der Waals surface area contributed by atoms with Gasteiger partial charge in [-0.05, 0) is 29.6 Å². The van der Waals surface area contributed by atoms with Gasteiger partial charge in [-0.25, -0.2) is 4.98 Å². The second kappa shape index (κ2) is 6.79. The normalized spacial score (nSPS) is 10.6. The third kappa shape index (κ3) is 3.87. The molecule has 1 amide bonds. The van der Waals surface area contributed by atoms with E-state index in [2.05, 4.69) is 10.3 Å². The first-order valence-electron chi connectivity index (χ1n) is 6.33. The molecule has 1 aromatic carbocycles. The van der Waals surface area contributed by atoms with Crippen LogP contribution >= 0.6 is 45.9 Å². The Morgan fingerprint density at radius 3 is 2.64 bits per heavy atom. The number of thiophene rings is 1. The standard InChI is InChI=1S/C15H10Cl2N2OS2/c16-10-3-11(17)5-12(4-10)18-14(20)6-13-8-22-15(19-13)9-1-2-21-7-9/h1-5,7-8H,6H2,(H,18,20). The summed E-state index contributed by atoms with van der Waals surface area (Å²) in [6.07, 6.45) is 0.213. The Balaban J connectivity index is 1.67. The Morgan fingerprint density at radius 1 is 1.18 bits per heavy atom. The number of hydrogen-bond donors (Lipinski definition) is 1. The van der Waals surface area contributed by atoms with E-state index in [0.29, 0.717) is 15.7 Å². The van der Waals surface area contributed by atoms with Crippen LogP contribution in [-0.4, -0.2) is 10.9 Å². The van der Waals surface area contributed by atoms with Crippen molar-refractivity contribution in [3.05, 3.63) is 56.1 Å². The predicted octanol–water partition coefficient (Wildman–Crippen LogP) is 5.36. The number of carbonyl (C=O) groups excluding carboxylic acids is 1. The van der Waals surface area contributed by atoms with Gasteiger partial charge in [0.2, 0.25) is 5.91 Å². The maximum Gasteiger partial charge on any atom is 0.230 e. The lowest BCUT2D eigenvalue weighted by atomic mass is 10.2. The lowest BCUT2D eigenvalue weighted by Gasteiger charge is -2.05. The van der Waals surface area contributed by atoms with Crippen molar-refractivity contribution in [1.82, 2.24) is 4.98 Å². The zero-order chi connectivity index (χ0) is 15.5. The van der Waals surface area contributed by atoms with Gasteiger partial charge in [-0.1, -0.05) is 23.2 Å². The van der Waals surface area contributed by atoms with Crippen LogP contribution in [0.25, 0.3) is 10.6 Å². The van der Waals surface area contributed by atoms with Gasteiger partial charge in [0.15, 0.2) is 0 Å². The summed E-state index contributed by atoms with van der Waals surface area (Å²) in [5, 5.41) is 10.6. The second-order valence-electron chi connectivity index (χ2n) is 4.54. The molecule has 1 N–H and O–H groups in total. The number of nitrogens with zero attached hydrogens (tertiary/aromatic N) is 1. The molecular formula is C15H10Cl2N2OS2. The zero-order valence-electron chi connectivity index (χ0n) is 11.2. The van der Waals surface area contributed by atoms with Crippen molar-refractivity contribution < 1.29 is 4.79 Å². The molecular weight excluding hydrogens is 359 g/mol. The van der Waals surface area contributed by atoms with E-state index in [4.69, 9.17) is 23.2 Å². The summed E-state index contributed by atoms with van der Waals surface area (Å²) in [6, 6.07) is 6.94. The Bertz CT molecular complexity index is 779. The number of aromatic nitrogens is 1. The molecule has 3 rings (SSSR count). The van der Waals surface area contributed by atoms with Crippen LogP contribution in [0.5, 0.6) is 0 Å². The van der Waals surface area contributed by atoms with Crippen molar-refractivity contribution in [2.45, 2.75) is 6.42 Å². The molecule has 0 bridgehead atoms. The molecule has 0 fully saturated rings. The van der Waals surface area contributed by atoms with E-state index in [9.17, 15) is 4.79 Å². The average molecular weight is 369 g/mol. The zero-order valence-corrected chi connectivity index (χ0v) is 14.3. The predicted molar refractivity (Wildman–Crippen MR) is 94.2 cm³/mol. The van der Waals surface area contributed by atoms with Gasteiger partial charge in [-0.2, -0.15) is 11.3 Å². The van der Waals surface area contributed by atoms with E-state index in [-0.39, 0.29) is 12.3 Å². The fourth-order valence-corrected chi connectivity index (χ4v) is 3.96. The van der Waals surface area contributed by atoms with E-state index in [1.54, 1.807) is 29.5 Å². The van der Waals surface area contributed by atoms with Gasteiger partial charge in [0, 0.05) is 32.1 Å². The van der Waals surface area contributed by atoms with Crippen molar-refractivity contribution >= 4 is 57.5 Å². The highest BCUT2D eigenvalue weighted by Gasteiger charge is 2.10. The van der Waals surface area contributed by atoms with Crippen molar-refractivity contribution in [3.8, 4) is 10.6 Å². The molecule has 3 nitrogen and oxygen atoms in total. The molecule has 0 aliphatic carbocycles. The lowest BCUT2D eigenvalue weighted by molar-refractivity contribution is -0.115. The summed E-state index contributed by atoms with van der Waals surface area (Å²) in [7, 11) is 0. The summed E-state index contributed by atoms with van der Waals surface area (Å²) in [5.41, 5.74) is 2.41. The minimum absolute atomic E-state index is 0.152. The van der Waals surface area contributed by atoms with Crippen LogP contribution in [0.15, 0.2) is 40.4 Å². The number of hydrogen-bond acceptors (Lipinski definition) is 4. The maximum absolute atomic E-state index is 12.1. The summed E-state index contributed by atoms with van der Waals surface area (Å²) in [6.45, 7) is 0. The van der Waals surface area contributed by atoms with E-state index in [1.165, 1.54) is 11.3 Å². The highest BCUT2D eigenvalue weighted by atomic mass is 35.5. The van der Waals surface area contributed by atoms with Crippen LogP contribution < -0.4 is 5.32 Å². The number of anilines is 1. The van der Waals surface area contributed by atoms with E-state index in [1.807, 2.05) is 22.2 Å². The summed E-state index contributed by atoms with van der Waals surface area (Å²) in [4.78, 5) is 16.6. The number of thiazole rings is 1. The molecule has 2 aromatic heterocycles. The third-order valence-electron chi connectivity index (χ3n) is 2.81. The lowest BCUT2D eigenvalue weighted by Crippen LogP contribution is -2.14. The molecule has 0 spiro atoms. The minimum Gasteiger partial charge on any atom is -0.326 e. The van der Waals surface area contributed by atoms with Crippen LogP contribution in [0, 0.1) is 0 Å². The highest BCUT2D eigenvalue weighted by Crippen LogP contribution is 2.26. The van der Waals surface area contributed by atoms with Gasteiger partial charge in [-0.3, -0.25) is 4.79 Å². The molecule has 0 saturated carbocycles. The summed E-state index contributed by atoms with van der Waals surface area (Å²) >= 11 is 15.0. The Kier molecular flexibility index (Phi) is 4.78. The minimum atomic E-state index is -0.152. The molecule has 22 heavy (non-hydrogen) atoms. The van der Waals surface area contributed by atoms with Crippen LogP contribution in [0.1, 0.15) is 5.69 Å². The molecule has 0 unspecified atom stereocenters. The summed E-state index contributed by atoms with van der Waals surface area (Å²) in [5.74, 6) is -0.152. The van der Waals surface area contributed by atoms with Crippen molar-refractivity contribution in [2.75, 3.05) is 5.32 Å². The van der Waals surface area contributed by atoms with Gasteiger partial charge < -0.3 is 5.32 Å². The summed E-state index contributed by atoms with van der Waals surface area (Å²) < 4.78 is 0. The number of benzene rings is 1. The maximum atomic E-state index is 12.1. The Labute approximate surface area is 145 Å². The molecule has 2 heterocycles. The highest BCUT2D eigenvalue weighted by molar-refractivity contribution is 7.14. The first kappa shape index (κ1) is 15.5. The molecule has 0 atom stereocenters. The first-order chi connectivity index (χ1) is 10.6. The first-order valence-corrected chi connectivity index (χ1v) is 8.91. The third-order valence-corrected chi connectivity index (χ3v) is 4.87. The monoisotopic (exact) mass is 368 g/mol.